The molecular formula is C17H29N5. The predicted molar refractivity (Wildman–Crippen MR) is 92.4 cm³/mol. The van der Waals surface area contributed by atoms with Crippen molar-refractivity contribution in [1.82, 2.24) is 15.6 Å². The Morgan fingerprint density at radius 2 is 1.27 bits per heavy atom. The van der Waals surface area contributed by atoms with Gasteiger partial charge in [0.2, 0.25) is 0 Å². The van der Waals surface area contributed by atoms with Crippen LogP contribution in [-0.2, 0) is 0 Å². The highest BCUT2D eigenvalue weighted by molar-refractivity contribution is 5.54. The van der Waals surface area contributed by atoms with Crippen LogP contribution < -0.4 is 21.3 Å². The van der Waals surface area contributed by atoms with Crippen LogP contribution in [0.3, 0.4) is 0 Å². The van der Waals surface area contributed by atoms with E-state index in [0.29, 0.717) is 0 Å². The topological polar surface area (TPSA) is 61.0 Å². The molecule has 2 saturated heterocycles. The van der Waals surface area contributed by atoms with Crippen LogP contribution in [-0.4, -0.2) is 44.3 Å². The molecule has 0 atom stereocenters. The van der Waals surface area contributed by atoms with Crippen molar-refractivity contribution >= 4 is 11.4 Å². The lowest BCUT2D eigenvalue weighted by atomic mass is 9.98. The van der Waals surface area contributed by atoms with Crippen LogP contribution in [0.25, 0.3) is 0 Å². The van der Waals surface area contributed by atoms with E-state index in [1.54, 1.807) is 0 Å². The molecule has 3 rings (SSSR count). The molecule has 0 unspecified atom stereocenters. The van der Waals surface area contributed by atoms with E-state index in [0.717, 1.165) is 62.5 Å². The Hall–Kier alpha value is -1.33. The largest absolute Gasteiger partial charge is 0.383 e. The minimum Gasteiger partial charge on any atom is -0.383 e. The van der Waals surface area contributed by atoms with Gasteiger partial charge in [0.1, 0.15) is 0 Å². The van der Waals surface area contributed by atoms with E-state index in [4.69, 9.17) is 0 Å². The molecule has 0 saturated carbocycles. The van der Waals surface area contributed by atoms with Crippen LogP contribution >= 0.6 is 0 Å². The minimum absolute atomic E-state index is 0.785. The number of aromatic nitrogens is 1. The van der Waals surface area contributed by atoms with E-state index >= 15 is 0 Å². The number of anilines is 2. The molecule has 2 fully saturated rings. The second-order valence-electron chi connectivity index (χ2n) is 6.61. The van der Waals surface area contributed by atoms with Gasteiger partial charge in [0, 0.05) is 13.1 Å². The Balaban J connectivity index is 1.44. The van der Waals surface area contributed by atoms with Crippen molar-refractivity contribution in [1.29, 1.82) is 0 Å². The van der Waals surface area contributed by atoms with Crippen molar-refractivity contribution in [2.24, 2.45) is 11.8 Å². The molecule has 1 aromatic heterocycles. The summed E-state index contributed by atoms with van der Waals surface area (Å²) in [7, 11) is 0. The fourth-order valence-electron chi connectivity index (χ4n) is 3.33. The third kappa shape index (κ3) is 4.85. The van der Waals surface area contributed by atoms with E-state index < -0.39 is 0 Å². The molecule has 3 heterocycles. The molecule has 0 aliphatic carbocycles. The maximum absolute atomic E-state index is 4.36. The zero-order valence-corrected chi connectivity index (χ0v) is 13.4. The molecular weight excluding hydrogens is 274 g/mol. The summed E-state index contributed by atoms with van der Waals surface area (Å²) in [5.41, 5.74) is 2.27. The molecule has 22 heavy (non-hydrogen) atoms. The van der Waals surface area contributed by atoms with Gasteiger partial charge in [-0.05, 0) is 69.8 Å². The number of rotatable bonds is 6. The highest BCUT2D eigenvalue weighted by atomic mass is 14.9. The summed E-state index contributed by atoms with van der Waals surface area (Å²) in [5, 5.41) is 13.9. The van der Waals surface area contributed by atoms with E-state index in [2.05, 4.69) is 32.3 Å². The Bertz CT molecular complexity index is 401. The van der Waals surface area contributed by atoms with Crippen molar-refractivity contribution < 1.29 is 0 Å². The van der Waals surface area contributed by atoms with Gasteiger partial charge >= 0.3 is 0 Å². The van der Waals surface area contributed by atoms with Crippen LogP contribution in [0.1, 0.15) is 25.7 Å². The van der Waals surface area contributed by atoms with Crippen molar-refractivity contribution in [3.05, 3.63) is 18.5 Å². The van der Waals surface area contributed by atoms with E-state index in [9.17, 15) is 0 Å². The maximum Gasteiger partial charge on any atom is 0.0547 e. The van der Waals surface area contributed by atoms with Gasteiger partial charge in [0.25, 0.3) is 0 Å². The molecule has 4 N–H and O–H groups in total. The quantitative estimate of drug-likeness (QED) is 0.647. The smallest absolute Gasteiger partial charge is 0.0547 e. The van der Waals surface area contributed by atoms with Crippen LogP contribution in [0.4, 0.5) is 11.4 Å². The molecule has 0 bridgehead atoms. The Labute approximate surface area is 133 Å². The van der Waals surface area contributed by atoms with E-state index in [-0.39, 0.29) is 0 Å². The summed E-state index contributed by atoms with van der Waals surface area (Å²) in [6.07, 6.45) is 8.94. The fraction of sp³-hybridized carbons (Fsp3) is 0.706. The molecule has 0 radical (unpaired) electrons. The second kappa shape index (κ2) is 8.34. The predicted octanol–water partition coefficient (Wildman–Crippen LogP) is 1.90. The van der Waals surface area contributed by atoms with Crippen molar-refractivity contribution in [3.63, 3.8) is 0 Å². The zero-order valence-electron chi connectivity index (χ0n) is 13.4. The summed E-state index contributed by atoms with van der Waals surface area (Å²) >= 11 is 0. The third-order valence-corrected chi connectivity index (χ3v) is 4.85. The Morgan fingerprint density at radius 3 is 1.73 bits per heavy atom. The molecule has 0 amide bonds. The summed E-state index contributed by atoms with van der Waals surface area (Å²) in [5.74, 6) is 1.57. The van der Waals surface area contributed by atoms with Gasteiger partial charge < -0.3 is 21.3 Å². The normalized spacial score (nSPS) is 20.7. The average Bonchev–Trinajstić information content (AvgIpc) is 2.60. The van der Waals surface area contributed by atoms with Crippen LogP contribution in [0.5, 0.6) is 0 Å². The molecule has 5 nitrogen and oxygen atoms in total. The molecule has 122 valence electrons. The van der Waals surface area contributed by atoms with Gasteiger partial charge in [-0.2, -0.15) is 0 Å². The average molecular weight is 303 g/mol. The first kappa shape index (κ1) is 15.6. The highest BCUT2D eigenvalue weighted by Crippen LogP contribution is 2.18. The summed E-state index contributed by atoms with van der Waals surface area (Å²) in [4.78, 5) is 4.36. The number of pyridine rings is 1. The molecule has 5 heteroatoms. The van der Waals surface area contributed by atoms with E-state index in [1.165, 1.54) is 25.7 Å². The number of hydrogen-bond acceptors (Lipinski definition) is 5. The SMILES string of the molecule is c1ncc(NCC2CCNCC2)cc1NCC1CCNCC1. The number of hydrogen-bond donors (Lipinski definition) is 4. The monoisotopic (exact) mass is 303 g/mol. The van der Waals surface area contributed by atoms with Gasteiger partial charge in [0.05, 0.1) is 23.8 Å². The summed E-state index contributed by atoms with van der Waals surface area (Å²) in [6.45, 7) is 6.73. The molecule has 2 aliphatic heterocycles. The van der Waals surface area contributed by atoms with Gasteiger partial charge in [-0.1, -0.05) is 0 Å². The number of piperidine rings is 2. The fourth-order valence-corrected chi connectivity index (χ4v) is 3.33. The standard InChI is InChI=1S/C17H29N5/c1-5-18-6-2-14(1)10-21-16-9-17(13-20-12-16)22-11-15-3-7-19-8-4-15/h9,12-15,18-19,21-22H,1-8,10-11H2. The second-order valence-corrected chi connectivity index (χ2v) is 6.61. The minimum atomic E-state index is 0.785. The first-order valence-electron chi connectivity index (χ1n) is 8.74. The van der Waals surface area contributed by atoms with Crippen LogP contribution in [0, 0.1) is 11.8 Å². The van der Waals surface area contributed by atoms with Crippen molar-refractivity contribution in [2.45, 2.75) is 25.7 Å². The van der Waals surface area contributed by atoms with Gasteiger partial charge in [-0.25, -0.2) is 0 Å². The highest BCUT2D eigenvalue weighted by Gasteiger charge is 2.13. The maximum atomic E-state index is 4.36. The van der Waals surface area contributed by atoms with Crippen molar-refractivity contribution in [3.8, 4) is 0 Å². The first-order chi connectivity index (χ1) is 10.9. The van der Waals surface area contributed by atoms with E-state index in [1.807, 2.05) is 12.4 Å². The lowest BCUT2D eigenvalue weighted by Gasteiger charge is -2.24. The van der Waals surface area contributed by atoms with Gasteiger partial charge in [0.15, 0.2) is 0 Å². The van der Waals surface area contributed by atoms with Crippen LogP contribution in [0.15, 0.2) is 18.5 Å². The Kier molecular flexibility index (Phi) is 5.90. The first-order valence-corrected chi connectivity index (χ1v) is 8.74. The number of nitrogens with zero attached hydrogens (tertiary/aromatic N) is 1. The third-order valence-electron chi connectivity index (χ3n) is 4.85. The molecule has 1 aromatic rings. The summed E-state index contributed by atoms with van der Waals surface area (Å²) in [6, 6.07) is 2.19. The lowest BCUT2D eigenvalue weighted by molar-refractivity contribution is 0.389. The summed E-state index contributed by atoms with van der Waals surface area (Å²) < 4.78 is 0. The lowest BCUT2D eigenvalue weighted by Crippen LogP contribution is -2.31. The number of nitrogens with one attached hydrogen (secondary N) is 4. The molecule has 2 aliphatic rings. The molecule has 0 spiro atoms. The zero-order chi connectivity index (χ0) is 15.0. The van der Waals surface area contributed by atoms with Gasteiger partial charge in [-0.3, -0.25) is 4.98 Å². The van der Waals surface area contributed by atoms with Crippen LogP contribution in [0.2, 0.25) is 0 Å². The van der Waals surface area contributed by atoms with Crippen molar-refractivity contribution in [2.75, 3.05) is 49.9 Å². The Morgan fingerprint density at radius 1 is 0.818 bits per heavy atom. The van der Waals surface area contributed by atoms with Gasteiger partial charge in [-0.15, -0.1) is 0 Å². The molecule has 0 aromatic carbocycles.